The summed E-state index contributed by atoms with van der Waals surface area (Å²) < 4.78 is 50.5. The number of nitrogens with two attached hydrogens (primary N) is 1. The van der Waals surface area contributed by atoms with Gasteiger partial charge in [0.25, 0.3) is 5.56 Å². The van der Waals surface area contributed by atoms with Crippen molar-refractivity contribution in [3.8, 4) is 0 Å². The van der Waals surface area contributed by atoms with Gasteiger partial charge >= 0.3 is 13.5 Å². The van der Waals surface area contributed by atoms with E-state index in [1.54, 1.807) is 0 Å². The topological polar surface area (TPSA) is 241 Å². The van der Waals surface area contributed by atoms with Crippen LogP contribution in [0.15, 0.2) is 23.3 Å². The average Bonchev–Trinajstić information content (AvgIpc) is 3.70. The molecule has 2 bridgehead atoms. The number of H-pyrrole nitrogens is 1. The first-order valence-electron chi connectivity index (χ1n) is 13.4. The molecule has 254 valence electrons. The van der Waals surface area contributed by atoms with Crippen LogP contribution in [0.4, 0.5) is 5.95 Å². The molecule has 6 N–H and O–H groups in total. The SMILES string of the molecule is Nc1nc2c(ncn2[C@@H]2O[C@@H]3COP(O)(=S)OC4[C@@H](O)[C@@H](COP(=O)(S)OC3[C@@H]2O)O[C@H]4n2c(Cl)nc3cc(Cl)c(Cl)cc32)c(=O)[nH]1. The van der Waals surface area contributed by atoms with Crippen molar-refractivity contribution in [2.75, 3.05) is 18.9 Å². The number of halogens is 3. The van der Waals surface area contributed by atoms with Crippen molar-refractivity contribution in [3.63, 3.8) is 0 Å². The predicted molar refractivity (Wildman–Crippen MR) is 172 cm³/mol. The van der Waals surface area contributed by atoms with Crippen molar-refractivity contribution in [1.29, 1.82) is 0 Å². The molecule has 10 atom stereocenters. The number of hydrogen-bond donors (Lipinski definition) is 6. The van der Waals surface area contributed by atoms with E-state index in [4.69, 9.17) is 79.9 Å². The molecule has 3 fully saturated rings. The fourth-order valence-corrected chi connectivity index (χ4v) is 9.03. The Bertz CT molecular complexity index is 2050. The molecule has 3 aromatic heterocycles. The number of aliphatic hydroxyl groups excluding tert-OH is 2. The van der Waals surface area contributed by atoms with E-state index in [0.717, 1.165) is 0 Å². The Kier molecular flexibility index (Phi) is 8.99. The van der Waals surface area contributed by atoms with Gasteiger partial charge in [0.2, 0.25) is 11.2 Å². The summed E-state index contributed by atoms with van der Waals surface area (Å²) in [4.78, 5) is 38.1. The van der Waals surface area contributed by atoms with Gasteiger partial charge in [-0.05, 0) is 35.5 Å². The van der Waals surface area contributed by atoms with Crippen LogP contribution in [0.3, 0.4) is 0 Å². The highest BCUT2D eigenvalue weighted by molar-refractivity contribution is 8.44. The van der Waals surface area contributed by atoms with Gasteiger partial charge in [-0.15, -0.1) is 0 Å². The van der Waals surface area contributed by atoms with Crippen LogP contribution in [0.25, 0.3) is 22.2 Å². The number of nitrogens with one attached hydrogen (secondary N) is 1. The molecular weight excluding hydrogens is 771 g/mol. The Balaban J connectivity index is 1.22. The van der Waals surface area contributed by atoms with Crippen molar-refractivity contribution >= 4 is 101 Å². The van der Waals surface area contributed by atoms with E-state index >= 15 is 0 Å². The lowest BCUT2D eigenvalue weighted by Crippen LogP contribution is -2.36. The van der Waals surface area contributed by atoms with Gasteiger partial charge in [-0.2, -0.15) is 4.98 Å². The van der Waals surface area contributed by atoms with E-state index in [1.165, 1.54) is 27.6 Å². The number of ether oxygens (including phenoxy) is 2. The number of aromatic nitrogens is 6. The number of aliphatic hydroxyl groups is 2. The van der Waals surface area contributed by atoms with Crippen LogP contribution in [-0.4, -0.2) is 94.0 Å². The van der Waals surface area contributed by atoms with Gasteiger partial charge < -0.3 is 34.8 Å². The van der Waals surface area contributed by atoms with E-state index in [1.807, 2.05) is 0 Å². The third kappa shape index (κ3) is 6.27. The fraction of sp³-hybridized carbons (Fsp3) is 0.455. The minimum Gasteiger partial charge on any atom is -0.387 e. The fourth-order valence-electron chi connectivity index (χ4n) is 5.53. The van der Waals surface area contributed by atoms with Gasteiger partial charge in [-0.1, -0.05) is 35.5 Å². The monoisotopic (exact) mass is 791 g/mol. The second-order valence-electron chi connectivity index (χ2n) is 10.6. The normalized spacial score (nSPS) is 36.7. The van der Waals surface area contributed by atoms with E-state index in [0.29, 0.717) is 11.0 Å². The zero-order valence-electron chi connectivity index (χ0n) is 23.1. The molecule has 7 rings (SSSR count). The predicted octanol–water partition coefficient (Wildman–Crippen LogP) is 2.30. The number of nitrogen functional groups attached to an aromatic ring is 1. The van der Waals surface area contributed by atoms with E-state index < -0.39 is 81.4 Å². The maximum atomic E-state index is 13.5. The minimum absolute atomic E-state index is 0.0334. The maximum absolute atomic E-state index is 13.5. The highest BCUT2D eigenvalue weighted by atomic mass is 35.5. The van der Waals surface area contributed by atoms with Crippen LogP contribution in [0.5, 0.6) is 0 Å². The third-order valence-corrected chi connectivity index (χ3v) is 11.8. The van der Waals surface area contributed by atoms with Crippen LogP contribution in [-0.2, 0) is 43.9 Å². The van der Waals surface area contributed by atoms with Gasteiger partial charge in [0, 0.05) is 0 Å². The first kappa shape index (κ1) is 34.0. The molecule has 3 aliphatic rings. The smallest absolute Gasteiger partial charge is 0.386 e. The number of benzene rings is 1. The molecule has 1 aromatic carbocycles. The number of imidazole rings is 2. The van der Waals surface area contributed by atoms with Gasteiger partial charge in [0.15, 0.2) is 23.6 Å². The van der Waals surface area contributed by atoms with Gasteiger partial charge in [-0.3, -0.25) is 32.5 Å². The van der Waals surface area contributed by atoms with Crippen LogP contribution in [0.1, 0.15) is 12.5 Å². The third-order valence-electron chi connectivity index (χ3n) is 7.60. The molecule has 47 heavy (non-hydrogen) atoms. The van der Waals surface area contributed by atoms with Crippen molar-refractivity contribution in [2.24, 2.45) is 0 Å². The summed E-state index contributed by atoms with van der Waals surface area (Å²) in [5.41, 5.74) is 5.58. The molecular formula is C22H22Cl3N7O11P2S2. The molecule has 4 unspecified atom stereocenters. The molecule has 18 nitrogen and oxygen atoms in total. The lowest BCUT2D eigenvalue weighted by molar-refractivity contribution is -0.0592. The molecule has 6 heterocycles. The van der Waals surface area contributed by atoms with Crippen molar-refractivity contribution in [3.05, 3.63) is 44.1 Å². The first-order chi connectivity index (χ1) is 22.1. The lowest BCUT2D eigenvalue weighted by atomic mass is 10.1. The Morgan fingerprint density at radius 3 is 2.49 bits per heavy atom. The average molecular weight is 793 g/mol. The first-order valence-corrected chi connectivity index (χ1v) is 19.8. The highest BCUT2D eigenvalue weighted by Crippen LogP contribution is 2.58. The summed E-state index contributed by atoms with van der Waals surface area (Å²) in [6, 6.07) is 2.94. The van der Waals surface area contributed by atoms with Gasteiger partial charge in [0.1, 0.15) is 36.6 Å². The number of aromatic amines is 1. The van der Waals surface area contributed by atoms with Crippen LogP contribution >= 0.6 is 60.6 Å². The zero-order chi connectivity index (χ0) is 33.6. The van der Waals surface area contributed by atoms with Crippen LogP contribution in [0, 0.1) is 0 Å². The summed E-state index contributed by atoms with van der Waals surface area (Å²) >= 11 is 28.2. The molecule has 3 saturated heterocycles. The number of fused-ring (bicyclic) bond motifs is 5. The second-order valence-corrected chi connectivity index (χ2v) is 17.4. The Morgan fingerprint density at radius 1 is 1.02 bits per heavy atom. The number of rotatable bonds is 2. The molecule has 0 amide bonds. The lowest BCUT2D eigenvalue weighted by Gasteiger charge is -2.28. The van der Waals surface area contributed by atoms with Crippen LogP contribution < -0.4 is 11.3 Å². The van der Waals surface area contributed by atoms with E-state index in [2.05, 4.69) is 32.2 Å². The highest BCUT2D eigenvalue weighted by Gasteiger charge is 2.53. The van der Waals surface area contributed by atoms with Crippen molar-refractivity contribution in [2.45, 2.75) is 49.1 Å². The zero-order valence-corrected chi connectivity index (χ0v) is 28.8. The van der Waals surface area contributed by atoms with E-state index in [-0.39, 0.29) is 32.4 Å². The minimum atomic E-state index is -4.36. The Labute approximate surface area is 287 Å². The summed E-state index contributed by atoms with van der Waals surface area (Å²) in [5.74, 6) is -0.223. The molecule has 4 aromatic rings. The molecule has 3 aliphatic heterocycles. The van der Waals surface area contributed by atoms with Gasteiger partial charge in [0.05, 0.1) is 40.6 Å². The summed E-state index contributed by atoms with van der Waals surface area (Å²) in [5, 5.41) is 22.8. The summed E-state index contributed by atoms with van der Waals surface area (Å²) in [6.45, 7) is -9.81. The molecule has 25 heteroatoms. The molecule has 0 spiro atoms. The quantitative estimate of drug-likeness (QED) is 0.126. The Morgan fingerprint density at radius 2 is 1.72 bits per heavy atom. The maximum Gasteiger partial charge on any atom is 0.386 e. The van der Waals surface area contributed by atoms with Crippen molar-refractivity contribution < 1.29 is 47.2 Å². The van der Waals surface area contributed by atoms with Gasteiger partial charge in [-0.25, -0.2) is 14.5 Å². The number of nitrogens with zero attached hydrogens (tertiary/aromatic N) is 5. The standard InChI is InChI=1S/C22H22Cl3N7O11P2S2/c23-6-1-8-9(2-7(6)24)32(21(25)28-8)20-16-13(33)10(40-20)3-38-44(36,46)42-15-11(4-39-45(37,47)43-16)41-19(14(15)34)31-5-27-12-17(31)29-22(26)30-18(12)35/h1-2,5,10-11,13-16,19-20,33-34H,3-4H2,(H,36,46)(H,37,47)(H3,26,29,30,35)/t10-,11-,13+,14+,15?,16?,19-,20-,44?,45?/m1/s1. The molecule has 0 saturated carbocycles. The molecule has 0 aliphatic carbocycles. The summed E-state index contributed by atoms with van der Waals surface area (Å²) in [7, 11) is 0. The number of hydrogen-bond acceptors (Lipinski definition) is 15. The summed E-state index contributed by atoms with van der Waals surface area (Å²) in [6.07, 6.45) is -10.1. The molecule has 0 radical (unpaired) electrons. The Hall–Kier alpha value is -1.42. The second kappa shape index (κ2) is 12.4. The van der Waals surface area contributed by atoms with E-state index in [9.17, 15) is 24.5 Å². The largest absolute Gasteiger partial charge is 0.387 e. The number of anilines is 1. The van der Waals surface area contributed by atoms with Crippen molar-refractivity contribution in [1.82, 2.24) is 29.1 Å². The van der Waals surface area contributed by atoms with Crippen LogP contribution in [0.2, 0.25) is 15.3 Å². The number of thiol groups is 1.